The van der Waals surface area contributed by atoms with Crippen LogP contribution >= 0.6 is 0 Å². The van der Waals surface area contributed by atoms with Crippen molar-refractivity contribution in [1.82, 2.24) is 5.43 Å². The highest BCUT2D eigenvalue weighted by Gasteiger charge is 2.24. The number of nitrogens with one attached hydrogen (secondary N) is 1. The van der Waals surface area contributed by atoms with Crippen LogP contribution in [0, 0.1) is 5.92 Å². The number of hydrogen-bond donors (Lipinski definition) is 2. The molecule has 4 nitrogen and oxygen atoms in total. The van der Waals surface area contributed by atoms with Gasteiger partial charge in [-0.1, -0.05) is 18.9 Å². The van der Waals surface area contributed by atoms with E-state index in [0.29, 0.717) is 12.0 Å². The second-order valence-electron chi connectivity index (χ2n) is 5.21. The van der Waals surface area contributed by atoms with Crippen molar-refractivity contribution in [2.24, 2.45) is 11.8 Å². The Morgan fingerprint density at radius 2 is 1.89 bits per heavy atom. The van der Waals surface area contributed by atoms with Crippen LogP contribution in [0.1, 0.15) is 31.2 Å². The lowest BCUT2D eigenvalue weighted by Crippen LogP contribution is -2.41. The van der Waals surface area contributed by atoms with E-state index >= 15 is 0 Å². The fourth-order valence-electron chi connectivity index (χ4n) is 2.98. The molecule has 19 heavy (non-hydrogen) atoms. The Kier molecular flexibility index (Phi) is 5.05. The van der Waals surface area contributed by atoms with Gasteiger partial charge >= 0.3 is 0 Å². The van der Waals surface area contributed by atoms with Crippen molar-refractivity contribution in [3.05, 3.63) is 23.8 Å². The lowest BCUT2D eigenvalue weighted by atomic mass is 9.92. The highest BCUT2D eigenvalue weighted by Crippen LogP contribution is 2.31. The quantitative estimate of drug-likeness (QED) is 0.611. The van der Waals surface area contributed by atoms with E-state index < -0.39 is 0 Å². The molecule has 1 aromatic carbocycles. The summed E-state index contributed by atoms with van der Waals surface area (Å²) in [5.41, 5.74) is 4.22. The van der Waals surface area contributed by atoms with Gasteiger partial charge in [-0.3, -0.25) is 11.3 Å². The number of hydrogen-bond acceptors (Lipinski definition) is 4. The van der Waals surface area contributed by atoms with Gasteiger partial charge in [0.1, 0.15) is 0 Å². The van der Waals surface area contributed by atoms with Gasteiger partial charge in [-0.15, -0.1) is 0 Å². The monoisotopic (exact) mass is 264 g/mol. The van der Waals surface area contributed by atoms with Gasteiger partial charge in [0.05, 0.1) is 14.2 Å². The van der Waals surface area contributed by atoms with E-state index in [4.69, 9.17) is 15.3 Å². The fourth-order valence-corrected chi connectivity index (χ4v) is 2.98. The molecule has 0 spiro atoms. The molecule has 0 saturated heterocycles. The van der Waals surface area contributed by atoms with E-state index in [1.165, 1.54) is 31.2 Å². The Balaban J connectivity index is 2.08. The average molecular weight is 264 g/mol. The molecule has 106 valence electrons. The molecule has 0 bridgehead atoms. The highest BCUT2D eigenvalue weighted by atomic mass is 16.5. The van der Waals surface area contributed by atoms with Crippen LogP contribution in [0.15, 0.2) is 18.2 Å². The normalized spacial score (nSPS) is 17.4. The minimum atomic E-state index is 0.348. The SMILES string of the molecule is COc1ccc(CC(NN)C2CCCC2)cc1OC. The zero-order chi connectivity index (χ0) is 13.7. The Labute approximate surface area is 115 Å². The van der Waals surface area contributed by atoms with Gasteiger partial charge in [0.2, 0.25) is 0 Å². The van der Waals surface area contributed by atoms with Crippen LogP contribution in [0.5, 0.6) is 11.5 Å². The first-order chi connectivity index (χ1) is 9.28. The standard InChI is InChI=1S/C15H24N2O2/c1-18-14-8-7-11(10-15(14)19-2)9-13(17-16)12-5-3-4-6-12/h7-8,10,12-13,17H,3-6,9,16H2,1-2H3. The highest BCUT2D eigenvalue weighted by molar-refractivity contribution is 5.43. The van der Waals surface area contributed by atoms with Crippen molar-refractivity contribution in [3.8, 4) is 11.5 Å². The van der Waals surface area contributed by atoms with E-state index in [0.717, 1.165) is 17.9 Å². The topological polar surface area (TPSA) is 56.5 Å². The Bertz CT molecular complexity index is 403. The summed E-state index contributed by atoms with van der Waals surface area (Å²) in [4.78, 5) is 0. The van der Waals surface area contributed by atoms with E-state index in [1.807, 2.05) is 12.1 Å². The fraction of sp³-hybridized carbons (Fsp3) is 0.600. The summed E-state index contributed by atoms with van der Waals surface area (Å²) in [6, 6.07) is 6.43. The summed E-state index contributed by atoms with van der Waals surface area (Å²) in [6.45, 7) is 0. The lowest BCUT2D eigenvalue weighted by molar-refractivity contribution is 0.349. The molecule has 1 aliphatic rings. The minimum absolute atomic E-state index is 0.348. The molecule has 0 radical (unpaired) electrons. The zero-order valence-corrected chi connectivity index (χ0v) is 11.8. The molecule has 1 unspecified atom stereocenters. The van der Waals surface area contributed by atoms with Crippen LogP contribution in [-0.4, -0.2) is 20.3 Å². The first kappa shape index (κ1) is 14.2. The molecule has 0 aromatic heterocycles. The van der Waals surface area contributed by atoms with Crippen molar-refractivity contribution in [3.63, 3.8) is 0 Å². The largest absolute Gasteiger partial charge is 0.493 e. The Hall–Kier alpha value is -1.26. The van der Waals surface area contributed by atoms with Crippen molar-refractivity contribution in [1.29, 1.82) is 0 Å². The number of benzene rings is 1. The summed E-state index contributed by atoms with van der Waals surface area (Å²) in [5.74, 6) is 7.96. The van der Waals surface area contributed by atoms with Crippen LogP contribution < -0.4 is 20.7 Å². The third kappa shape index (κ3) is 3.39. The molecule has 0 aliphatic heterocycles. The summed E-state index contributed by atoms with van der Waals surface area (Å²) in [7, 11) is 3.32. The van der Waals surface area contributed by atoms with E-state index in [1.54, 1.807) is 14.2 Å². The van der Waals surface area contributed by atoms with Crippen LogP contribution in [0.3, 0.4) is 0 Å². The van der Waals surface area contributed by atoms with Gasteiger partial charge in [0, 0.05) is 6.04 Å². The summed E-state index contributed by atoms with van der Waals surface area (Å²) < 4.78 is 10.6. The molecule has 1 aromatic rings. The predicted molar refractivity (Wildman–Crippen MR) is 76.3 cm³/mol. The summed E-state index contributed by atoms with van der Waals surface area (Å²) >= 11 is 0. The van der Waals surface area contributed by atoms with Crippen LogP contribution in [0.25, 0.3) is 0 Å². The first-order valence-electron chi connectivity index (χ1n) is 6.95. The smallest absolute Gasteiger partial charge is 0.160 e. The molecule has 1 atom stereocenters. The molecule has 1 aliphatic carbocycles. The van der Waals surface area contributed by atoms with E-state index in [-0.39, 0.29) is 0 Å². The molecular weight excluding hydrogens is 240 g/mol. The van der Waals surface area contributed by atoms with E-state index in [9.17, 15) is 0 Å². The van der Waals surface area contributed by atoms with Crippen molar-refractivity contribution in [2.45, 2.75) is 38.1 Å². The maximum absolute atomic E-state index is 5.72. The lowest BCUT2D eigenvalue weighted by Gasteiger charge is -2.23. The van der Waals surface area contributed by atoms with Gasteiger partial charge in [-0.2, -0.15) is 0 Å². The molecule has 1 saturated carbocycles. The summed E-state index contributed by atoms with van der Waals surface area (Å²) in [5, 5.41) is 0. The molecular formula is C15H24N2O2. The van der Waals surface area contributed by atoms with Gasteiger partial charge in [0.15, 0.2) is 11.5 Å². The number of nitrogens with two attached hydrogens (primary N) is 1. The Morgan fingerprint density at radius 1 is 1.21 bits per heavy atom. The maximum atomic E-state index is 5.72. The zero-order valence-electron chi connectivity index (χ0n) is 11.8. The van der Waals surface area contributed by atoms with Gasteiger partial charge in [0.25, 0.3) is 0 Å². The molecule has 3 N–H and O–H groups in total. The second-order valence-corrected chi connectivity index (χ2v) is 5.21. The minimum Gasteiger partial charge on any atom is -0.493 e. The third-order valence-corrected chi connectivity index (χ3v) is 4.09. The molecule has 1 fully saturated rings. The van der Waals surface area contributed by atoms with Crippen LogP contribution in [-0.2, 0) is 6.42 Å². The van der Waals surface area contributed by atoms with Crippen molar-refractivity contribution in [2.75, 3.05) is 14.2 Å². The van der Waals surface area contributed by atoms with E-state index in [2.05, 4.69) is 11.5 Å². The van der Waals surface area contributed by atoms with Gasteiger partial charge in [-0.25, -0.2) is 0 Å². The number of ether oxygens (including phenoxy) is 2. The number of hydrazine groups is 1. The number of rotatable bonds is 6. The molecule has 0 amide bonds. The molecule has 2 rings (SSSR count). The molecule has 0 heterocycles. The van der Waals surface area contributed by atoms with Gasteiger partial charge in [-0.05, 0) is 42.9 Å². The second kappa shape index (κ2) is 6.78. The number of methoxy groups -OCH3 is 2. The van der Waals surface area contributed by atoms with Crippen LogP contribution in [0.2, 0.25) is 0 Å². The maximum Gasteiger partial charge on any atom is 0.160 e. The molecule has 4 heteroatoms. The average Bonchev–Trinajstić information content (AvgIpc) is 2.98. The first-order valence-corrected chi connectivity index (χ1v) is 6.95. The van der Waals surface area contributed by atoms with Gasteiger partial charge < -0.3 is 9.47 Å². The van der Waals surface area contributed by atoms with Crippen molar-refractivity contribution < 1.29 is 9.47 Å². The Morgan fingerprint density at radius 3 is 2.47 bits per heavy atom. The predicted octanol–water partition coefficient (Wildman–Crippen LogP) is 2.27. The third-order valence-electron chi connectivity index (χ3n) is 4.09. The summed E-state index contributed by atoms with van der Waals surface area (Å²) in [6.07, 6.45) is 6.15. The van der Waals surface area contributed by atoms with Crippen LogP contribution in [0.4, 0.5) is 0 Å². The van der Waals surface area contributed by atoms with Crippen molar-refractivity contribution >= 4 is 0 Å².